The van der Waals surface area contributed by atoms with Gasteiger partial charge in [-0.1, -0.05) is 24.3 Å². The highest BCUT2D eigenvalue weighted by Gasteiger charge is 2.14. The maximum atomic E-state index is 13.2. The second-order valence-electron chi connectivity index (χ2n) is 8.04. The van der Waals surface area contributed by atoms with E-state index in [1.807, 2.05) is 6.07 Å². The quantitative estimate of drug-likeness (QED) is 0.426. The Morgan fingerprint density at radius 2 is 1.71 bits per heavy atom. The topological polar surface area (TPSA) is 120 Å². The van der Waals surface area contributed by atoms with Crippen LogP contribution in [0.2, 0.25) is 0 Å². The number of anilines is 1. The van der Waals surface area contributed by atoms with E-state index in [1.165, 1.54) is 16.7 Å². The molecule has 178 valence electrons. The maximum Gasteiger partial charge on any atom is 0.335 e. The highest BCUT2D eigenvalue weighted by Crippen LogP contribution is 2.17. The second-order valence-corrected chi connectivity index (χ2v) is 8.04. The van der Waals surface area contributed by atoms with Gasteiger partial charge in [0.25, 0.3) is 5.56 Å². The van der Waals surface area contributed by atoms with Crippen molar-refractivity contribution in [1.82, 2.24) is 9.13 Å². The van der Waals surface area contributed by atoms with Crippen molar-refractivity contribution >= 4 is 28.5 Å². The summed E-state index contributed by atoms with van der Waals surface area (Å²) in [7, 11) is 3.12. The van der Waals surface area contributed by atoms with Crippen LogP contribution in [0.25, 0.3) is 10.9 Å². The van der Waals surface area contributed by atoms with Crippen molar-refractivity contribution in [3.05, 3.63) is 104 Å². The van der Waals surface area contributed by atoms with Crippen molar-refractivity contribution in [2.45, 2.75) is 13.0 Å². The zero-order valence-electron chi connectivity index (χ0n) is 19.1. The molecular formula is C26H23N3O6. The molecule has 1 aromatic heterocycles. The molecule has 35 heavy (non-hydrogen) atoms. The molecule has 3 aromatic carbocycles. The Hall–Kier alpha value is -4.66. The number of carboxylic acid groups (broad SMARTS) is 1. The van der Waals surface area contributed by atoms with Crippen LogP contribution in [0.5, 0.6) is 5.75 Å². The first-order valence-electron chi connectivity index (χ1n) is 10.8. The molecule has 1 amide bonds. The molecule has 0 saturated carbocycles. The molecule has 0 spiro atoms. The predicted molar refractivity (Wildman–Crippen MR) is 131 cm³/mol. The lowest BCUT2D eigenvalue weighted by Gasteiger charge is -2.13. The number of carbonyl (C=O) groups is 2. The summed E-state index contributed by atoms with van der Waals surface area (Å²) in [4.78, 5) is 49.7. The summed E-state index contributed by atoms with van der Waals surface area (Å²) in [6, 6.07) is 18.0. The molecule has 0 atom stereocenters. The van der Waals surface area contributed by atoms with E-state index in [4.69, 9.17) is 9.84 Å². The fourth-order valence-electron chi connectivity index (χ4n) is 3.84. The third kappa shape index (κ3) is 4.98. The number of aryl methyl sites for hydroxylation is 1. The predicted octanol–water partition coefficient (Wildman–Crippen LogP) is 2.64. The van der Waals surface area contributed by atoms with E-state index in [-0.39, 0.29) is 29.8 Å². The maximum absolute atomic E-state index is 13.2. The summed E-state index contributed by atoms with van der Waals surface area (Å²) in [5, 5.41) is 12.1. The largest absolute Gasteiger partial charge is 0.497 e. The van der Waals surface area contributed by atoms with Gasteiger partial charge in [0, 0.05) is 12.7 Å². The van der Waals surface area contributed by atoms with E-state index in [0.29, 0.717) is 22.5 Å². The molecule has 0 aliphatic carbocycles. The van der Waals surface area contributed by atoms with Gasteiger partial charge in [0.1, 0.15) is 5.75 Å². The zero-order chi connectivity index (χ0) is 25.1. The molecule has 0 unspecified atom stereocenters. The van der Waals surface area contributed by atoms with E-state index in [2.05, 4.69) is 5.32 Å². The van der Waals surface area contributed by atoms with Crippen molar-refractivity contribution in [3.8, 4) is 5.75 Å². The number of aromatic carboxylic acids is 1. The van der Waals surface area contributed by atoms with Crippen molar-refractivity contribution in [3.63, 3.8) is 0 Å². The van der Waals surface area contributed by atoms with E-state index >= 15 is 0 Å². The van der Waals surface area contributed by atoms with Gasteiger partial charge in [-0.25, -0.2) is 9.59 Å². The Balaban J connectivity index is 1.63. The van der Waals surface area contributed by atoms with Crippen LogP contribution in [-0.4, -0.2) is 33.2 Å². The summed E-state index contributed by atoms with van der Waals surface area (Å²) >= 11 is 0. The number of aromatic nitrogens is 2. The molecule has 0 bridgehead atoms. The second kappa shape index (κ2) is 9.68. The Morgan fingerprint density at radius 3 is 2.40 bits per heavy atom. The normalized spacial score (nSPS) is 10.8. The van der Waals surface area contributed by atoms with E-state index < -0.39 is 17.2 Å². The molecule has 0 saturated heterocycles. The molecule has 4 rings (SSSR count). The van der Waals surface area contributed by atoms with Crippen molar-refractivity contribution in [2.24, 2.45) is 7.05 Å². The van der Waals surface area contributed by atoms with Crippen molar-refractivity contribution in [1.29, 1.82) is 0 Å². The lowest BCUT2D eigenvalue weighted by molar-refractivity contribution is -0.115. The lowest BCUT2D eigenvalue weighted by Crippen LogP contribution is -2.39. The number of rotatable bonds is 7. The number of carboxylic acids is 1. The SMILES string of the molecule is COc1cccc(CC(=O)Nc2ccc3c(c2)c(=O)n(Cc2ccc(C(=O)O)cc2)c(=O)n3C)c1. The molecule has 4 aromatic rings. The Bertz CT molecular complexity index is 1550. The summed E-state index contributed by atoms with van der Waals surface area (Å²) in [6.45, 7) is -0.0201. The number of amides is 1. The van der Waals surface area contributed by atoms with Gasteiger partial charge in [-0.05, 0) is 53.6 Å². The van der Waals surface area contributed by atoms with Gasteiger partial charge in [0.15, 0.2) is 0 Å². The molecule has 0 fully saturated rings. The van der Waals surface area contributed by atoms with E-state index in [1.54, 1.807) is 62.7 Å². The molecular weight excluding hydrogens is 450 g/mol. The van der Waals surface area contributed by atoms with Gasteiger partial charge in [0.2, 0.25) is 5.91 Å². The molecule has 0 aliphatic rings. The minimum Gasteiger partial charge on any atom is -0.497 e. The smallest absolute Gasteiger partial charge is 0.335 e. The third-order valence-corrected chi connectivity index (χ3v) is 5.68. The zero-order valence-corrected chi connectivity index (χ0v) is 19.1. The van der Waals surface area contributed by atoms with Gasteiger partial charge in [0.05, 0.1) is 36.5 Å². The molecule has 0 radical (unpaired) electrons. The Labute approximate surface area is 199 Å². The van der Waals surface area contributed by atoms with Crippen molar-refractivity contribution in [2.75, 3.05) is 12.4 Å². The number of carbonyl (C=O) groups excluding carboxylic acids is 1. The van der Waals surface area contributed by atoms with E-state index in [0.717, 1.165) is 10.1 Å². The van der Waals surface area contributed by atoms with Gasteiger partial charge in [-0.3, -0.25) is 18.7 Å². The molecule has 9 nitrogen and oxygen atoms in total. The van der Waals surface area contributed by atoms with Crippen LogP contribution in [0.4, 0.5) is 5.69 Å². The highest BCUT2D eigenvalue weighted by molar-refractivity contribution is 5.94. The fraction of sp³-hybridized carbons (Fsp3) is 0.154. The fourth-order valence-corrected chi connectivity index (χ4v) is 3.84. The molecule has 9 heteroatoms. The third-order valence-electron chi connectivity index (χ3n) is 5.68. The van der Waals surface area contributed by atoms with Crippen LogP contribution >= 0.6 is 0 Å². The monoisotopic (exact) mass is 473 g/mol. The average molecular weight is 473 g/mol. The Kier molecular flexibility index (Phi) is 6.50. The first-order valence-corrected chi connectivity index (χ1v) is 10.8. The first-order chi connectivity index (χ1) is 16.8. The number of hydrogen-bond acceptors (Lipinski definition) is 5. The molecule has 2 N–H and O–H groups in total. The molecule has 1 heterocycles. The number of methoxy groups -OCH3 is 1. The minimum absolute atomic E-state index is 0.0201. The molecule has 0 aliphatic heterocycles. The summed E-state index contributed by atoms with van der Waals surface area (Å²) < 4.78 is 7.63. The summed E-state index contributed by atoms with van der Waals surface area (Å²) in [5.74, 6) is -0.669. The standard InChI is InChI=1S/C26H23N3O6/c1-28-22-11-10-19(27-23(30)13-17-4-3-5-20(12-17)35-2)14-21(22)24(31)29(26(28)34)15-16-6-8-18(9-7-16)25(32)33/h3-12,14H,13,15H2,1-2H3,(H,27,30)(H,32,33). The van der Waals surface area contributed by atoms with Crippen molar-refractivity contribution < 1.29 is 19.4 Å². The van der Waals surface area contributed by atoms with Crippen LogP contribution in [0.1, 0.15) is 21.5 Å². The number of benzene rings is 3. The van der Waals surface area contributed by atoms with Gasteiger partial charge < -0.3 is 15.2 Å². The average Bonchev–Trinajstić information content (AvgIpc) is 2.85. The number of nitrogens with one attached hydrogen (secondary N) is 1. The van der Waals surface area contributed by atoms with Crippen LogP contribution in [0.15, 0.2) is 76.3 Å². The van der Waals surface area contributed by atoms with Gasteiger partial charge >= 0.3 is 11.7 Å². The minimum atomic E-state index is -1.06. The van der Waals surface area contributed by atoms with Crippen LogP contribution in [0.3, 0.4) is 0 Å². The highest BCUT2D eigenvalue weighted by atomic mass is 16.5. The van der Waals surface area contributed by atoms with E-state index in [9.17, 15) is 19.2 Å². The van der Waals surface area contributed by atoms with Crippen LogP contribution in [-0.2, 0) is 24.8 Å². The number of hydrogen-bond donors (Lipinski definition) is 2. The number of ether oxygens (including phenoxy) is 1. The van der Waals surface area contributed by atoms with Gasteiger partial charge in [-0.2, -0.15) is 0 Å². The lowest BCUT2D eigenvalue weighted by atomic mass is 10.1. The number of fused-ring (bicyclic) bond motifs is 1. The van der Waals surface area contributed by atoms with Crippen LogP contribution < -0.4 is 21.3 Å². The summed E-state index contributed by atoms with van der Waals surface area (Å²) in [6.07, 6.45) is 0.124. The number of nitrogens with zero attached hydrogens (tertiary/aromatic N) is 2. The van der Waals surface area contributed by atoms with Crippen LogP contribution in [0, 0.1) is 0 Å². The summed E-state index contributed by atoms with van der Waals surface area (Å²) in [5.41, 5.74) is 1.36. The Morgan fingerprint density at radius 1 is 0.971 bits per heavy atom. The van der Waals surface area contributed by atoms with Gasteiger partial charge in [-0.15, -0.1) is 0 Å². The first kappa shape index (κ1) is 23.5.